The highest BCUT2D eigenvalue weighted by molar-refractivity contribution is 14.1. The van der Waals surface area contributed by atoms with Gasteiger partial charge in [0.25, 0.3) is 0 Å². The van der Waals surface area contributed by atoms with Gasteiger partial charge in [-0.1, -0.05) is 22.6 Å². The molecule has 0 spiro atoms. The van der Waals surface area contributed by atoms with Crippen LogP contribution in [0.4, 0.5) is 0 Å². The molecule has 0 radical (unpaired) electrons. The number of alkyl halides is 1. The maximum Gasteiger partial charge on any atom is 0.0635 e. The van der Waals surface area contributed by atoms with Crippen LogP contribution in [0.3, 0.4) is 0 Å². The number of rotatable bonds is 2. The second-order valence-electron chi connectivity index (χ2n) is 7.47. The van der Waals surface area contributed by atoms with Crippen LogP contribution in [0.2, 0.25) is 0 Å². The van der Waals surface area contributed by atoms with Crippen molar-refractivity contribution in [1.29, 1.82) is 5.26 Å². The van der Waals surface area contributed by atoms with Crippen LogP contribution >= 0.6 is 22.6 Å². The van der Waals surface area contributed by atoms with E-state index in [4.69, 9.17) is 5.26 Å². The van der Waals surface area contributed by atoms with E-state index in [-0.39, 0.29) is 0 Å². The zero-order chi connectivity index (χ0) is 18.5. The molecule has 1 fully saturated rings. The average molecular weight is 463 g/mol. The van der Waals surface area contributed by atoms with Crippen molar-refractivity contribution in [2.75, 3.05) is 73.5 Å². The molecule has 0 aromatic heterocycles. The van der Waals surface area contributed by atoms with E-state index in [9.17, 15) is 0 Å². The number of nitrogens with zero attached hydrogens (tertiary/aromatic N) is 5. The van der Waals surface area contributed by atoms with Crippen molar-refractivity contribution >= 4 is 22.6 Å². The summed E-state index contributed by atoms with van der Waals surface area (Å²) in [4.78, 5) is 9.93. The maximum atomic E-state index is 8.92. The van der Waals surface area contributed by atoms with Gasteiger partial charge in [-0.3, -0.25) is 4.90 Å². The predicted octanol–water partition coefficient (Wildman–Crippen LogP) is 2.72. The maximum absolute atomic E-state index is 8.92. The normalized spacial score (nSPS) is 26.1. The van der Waals surface area contributed by atoms with Crippen molar-refractivity contribution in [2.24, 2.45) is 0 Å². The van der Waals surface area contributed by atoms with Crippen LogP contribution in [0, 0.1) is 11.3 Å². The van der Waals surface area contributed by atoms with Crippen molar-refractivity contribution in [3.05, 3.63) is 0 Å². The Morgan fingerprint density at radius 3 is 2.00 bits per heavy atom. The van der Waals surface area contributed by atoms with Gasteiger partial charge in [-0.15, -0.1) is 0 Å². The lowest BCUT2D eigenvalue weighted by molar-refractivity contribution is 0.224. The van der Waals surface area contributed by atoms with Crippen molar-refractivity contribution in [2.45, 2.75) is 42.6 Å². The van der Waals surface area contributed by atoms with Crippen LogP contribution in [0.25, 0.3) is 0 Å². The third kappa shape index (κ3) is 11.4. The van der Waals surface area contributed by atoms with E-state index in [0.29, 0.717) is 10.5 Å². The first-order valence-corrected chi connectivity index (χ1v) is 11.1. The number of hydrogen-bond acceptors (Lipinski definition) is 5. The molecular formula is C19H38IN5. The number of halogens is 1. The molecule has 0 N–H and O–H groups in total. The number of hydrogen-bond donors (Lipinski definition) is 0. The Bertz CT molecular complexity index is 373. The second-order valence-corrected chi connectivity index (χ2v) is 8.91. The summed E-state index contributed by atoms with van der Waals surface area (Å²) in [6, 6.07) is 2.31. The van der Waals surface area contributed by atoms with Gasteiger partial charge in [0.2, 0.25) is 0 Å². The molecule has 6 heteroatoms. The first-order chi connectivity index (χ1) is 12.0. The van der Waals surface area contributed by atoms with Gasteiger partial charge in [-0.05, 0) is 86.0 Å². The molecule has 1 heterocycles. The topological polar surface area (TPSA) is 36.8 Å². The lowest BCUT2D eigenvalue weighted by Crippen LogP contribution is -2.35. The van der Waals surface area contributed by atoms with E-state index >= 15 is 0 Å². The van der Waals surface area contributed by atoms with Gasteiger partial charge in [0, 0.05) is 26.1 Å². The van der Waals surface area contributed by atoms with E-state index in [1.165, 1.54) is 58.3 Å². The van der Waals surface area contributed by atoms with Crippen LogP contribution in [-0.2, 0) is 0 Å². The van der Waals surface area contributed by atoms with Gasteiger partial charge >= 0.3 is 0 Å². The van der Waals surface area contributed by atoms with E-state index < -0.39 is 0 Å². The molecule has 0 amide bonds. The Morgan fingerprint density at radius 2 is 1.40 bits per heavy atom. The molecule has 25 heavy (non-hydrogen) atoms. The molecule has 0 saturated carbocycles. The fraction of sp³-hybridized carbons (Fsp3) is 0.947. The highest BCUT2D eigenvalue weighted by Crippen LogP contribution is 2.13. The van der Waals surface area contributed by atoms with Crippen LogP contribution in [0.15, 0.2) is 0 Å². The largest absolute Gasteiger partial charge is 0.306 e. The first-order valence-electron chi connectivity index (χ1n) is 9.83. The Kier molecular flexibility index (Phi) is 13.1. The molecule has 1 rings (SSSR count). The Morgan fingerprint density at radius 1 is 0.840 bits per heavy atom. The van der Waals surface area contributed by atoms with Crippen LogP contribution in [-0.4, -0.2) is 97.1 Å². The fourth-order valence-corrected chi connectivity index (χ4v) is 3.89. The third-order valence-corrected chi connectivity index (χ3v) is 6.67. The van der Waals surface area contributed by atoms with Gasteiger partial charge in [0.15, 0.2) is 0 Å². The number of nitriles is 1. The monoisotopic (exact) mass is 463 g/mol. The van der Waals surface area contributed by atoms with Crippen LogP contribution < -0.4 is 0 Å². The molecule has 0 aromatic rings. The van der Waals surface area contributed by atoms with Gasteiger partial charge in [-0.25, -0.2) is 0 Å². The predicted molar refractivity (Wildman–Crippen MR) is 115 cm³/mol. The SMILES string of the molecule is CN1CCCCN(C)CCCN(C)C(I)CCN(CCC#N)CCC1. The van der Waals surface area contributed by atoms with Crippen molar-refractivity contribution in [1.82, 2.24) is 19.6 Å². The molecular weight excluding hydrogens is 425 g/mol. The quantitative estimate of drug-likeness (QED) is 0.358. The summed E-state index contributed by atoms with van der Waals surface area (Å²) in [7, 11) is 6.75. The van der Waals surface area contributed by atoms with E-state index in [1.54, 1.807) is 0 Å². The lowest BCUT2D eigenvalue weighted by atomic mass is 10.2. The van der Waals surface area contributed by atoms with E-state index in [2.05, 4.69) is 69.4 Å². The summed E-state index contributed by atoms with van der Waals surface area (Å²) in [6.07, 6.45) is 6.83. The summed E-state index contributed by atoms with van der Waals surface area (Å²) >= 11 is 2.58. The van der Waals surface area contributed by atoms with Gasteiger partial charge in [0.05, 0.1) is 10.1 Å². The molecule has 5 nitrogen and oxygen atoms in total. The molecule has 1 atom stereocenters. The molecule has 0 aliphatic carbocycles. The Hall–Kier alpha value is 0.0600. The van der Waals surface area contributed by atoms with E-state index in [0.717, 1.165) is 26.2 Å². The highest BCUT2D eigenvalue weighted by Gasteiger charge is 2.14. The summed E-state index contributed by atoms with van der Waals surface area (Å²) in [5, 5.41) is 8.92. The zero-order valence-corrected chi connectivity index (χ0v) is 18.7. The minimum absolute atomic E-state index is 0.575. The summed E-state index contributed by atoms with van der Waals surface area (Å²) < 4.78 is 0.575. The third-order valence-electron chi connectivity index (χ3n) is 5.10. The standard InChI is InChI=1S/C19H38IN5/c1-22-11-4-5-12-23(2)14-8-17-25(16-6-10-21)18-9-19(20)24(3)15-7-13-22/h19H,4-9,11-18H2,1-3H3. The van der Waals surface area contributed by atoms with E-state index in [1.807, 2.05) is 0 Å². The second kappa shape index (κ2) is 14.2. The van der Waals surface area contributed by atoms with Crippen molar-refractivity contribution in [3.63, 3.8) is 0 Å². The van der Waals surface area contributed by atoms with Crippen LogP contribution in [0.5, 0.6) is 0 Å². The lowest BCUT2D eigenvalue weighted by Gasteiger charge is -2.28. The van der Waals surface area contributed by atoms with Gasteiger partial charge in [0.1, 0.15) is 0 Å². The Labute approximate surface area is 169 Å². The van der Waals surface area contributed by atoms with Crippen LogP contribution in [0.1, 0.15) is 38.5 Å². The fourth-order valence-electron chi connectivity index (χ4n) is 3.33. The minimum atomic E-state index is 0.575. The Balaban J connectivity index is 2.54. The molecule has 0 bridgehead atoms. The smallest absolute Gasteiger partial charge is 0.0635 e. The first kappa shape index (κ1) is 23.1. The minimum Gasteiger partial charge on any atom is -0.306 e. The summed E-state index contributed by atoms with van der Waals surface area (Å²) in [5.74, 6) is 0. The molecule has 146 valence electrons. The van der Waals surface area contributed by atoms with Crippen molar-refractivity contribution < 1.29 is 0 Å². The molecule has 1 unspecified atom stereocenters. The molecule has 0 aromatic carbocycles. The van der Waals surface area contributed by atoms with Crippen molar-refractivity contribution in [3.8, 4) is 6.07 Å². The molecule has 1 saturated heterocycles. The summed E-state index contributed by atoms with van der Waals surface area (Å²) in [6.45, 7) is 9.06. The van der Waals surface area contributed by atoms with Gasteiger partial charge in [-0.2, -0.15) is 5.26 Å². The average Bonchev–Trinajstić information content (AvgIpc) is 2.59. The zero-order valence-electron chi connectivity index (χ0n) is 16.6. The molecule has 1 aliphatic rings. The summed E-state index contributed by atoms with van der Waals surface area (Å²) in [5.41, 5.74) is 0. The highest BCUT2D eigenvalue weighted by atomic mass is 127. The van der Waals surface area contributed by atoms with Gasteiger partial charge < -0.3 is 14.7 Å². The molecule has 1 aliphatic heterocycles.